The van der Waals surface area contributed by atoms with Crippen LogP contribution in [0.1, 0.15) is 19.4 Å². The highest BCUT2D eigenvalue weighted by Crippen LogP contribution is 2.31. The van der Waals surface area contributed by atoms with Crippen LogP contribution in [0.3, 0.4) is 0 Å². The van der Waals surface area contributed by atoms with E-state index in [2.05, 4.69) is 5.32 Å². The van der Waals surface area contributed by atoms with Gasteiger partial charge in [-0.3, -0.25) is 4.90 Å². The molecule has 1 aromatic carbocycles. The standard InChI is InChI=1S/C15H20F2N2O2/c1-3-21-14(20)15(2,19-8-6-18-7-9-19)11-4-5-12(16)13(17)10-11/h4-5,10,18H,3,6-9H2,1-2H3. The van der Waals surface area contributed by atoms with Crippen molar-refractivity contribution in [1.82, 2.24) is 10.2 Å². The molecule has 4 nitrogen and oxygen atoms in total. The largest absolute Gasteiger partial charge is 0.464 e. The van der Waals surface area contributed by atoms with E-state index < -0.39 is 23.1 Å². The lowest BCUT2D eigenvalue weighted by molar-refractivity contribution is -0.158. The van der Waals surface area contributed by atoms with Crippen molar-refractivity contribution in [3.05, 3.63) is 35.4 Å². The molecule has 1 atom stereocenters. The number of carbonyl (C=O) groups is 1. The third kappa shape index (κ3) is 3.06. The van der Waals surface area contributed by atoms with E-state index in [0.29, 0.717) is 18.7 Å². The monoisotopic (exact) mass is 298 g/mol. The second kappa shape index (κ2) is 6.49. The van der Waals surface area contributed by atoms with Crippen LogP contribution in [0.15, 0.2) is 18.2 Å². The summed E-state index contributed by atoms with van der Waals surface area (Å²) in [6, 6.07) is 3.57. The second-order valence-corrected chi connectivity index (χ2v) is 5.16. The number of carbonyl (C=O) groups excluding carboxylic acids is 1. The van der Waals surface area contributed by atoms with E-state index in [4.69, 9.17) is 4.74 Å². The predicted molar refractivity (Wildman–Crippen MR) is 74.8 cm³/mol. The molecule has 1 unspecified atom stereocenters. The van der Waals surface area contributed by atoms with Crippen molar-refractivity contribution in [1.29, 1.82) is 0 Å². The van der Waals surface area contributed by atoms with Crippen molar-refractivity contribution in [3.8, 4) is 0 Å². The molecule has 0 amide bonds. The Bertz CT molecular complexity index is 518. The number of hydrogen-bond acceptors (Lipinski definition) is 4. The van der Waals surface area contributed by atoms with Gasteiger partial charge in [-0.05, 0) is 31.5 Å². The maximum absolute atomic E-state index is 13.6. The summed E-state index contributed by atoms with van der Waals surface area (Å²) in [5.41, 5.74) is -0.714. The summed E-state index contributed by atoms with van der Waals surface area (Å²) in [5.74, 6) is -2.33. The number of nitrogens with zero attached hydrogens (tertiary/aromatic N) is 1. The van der Waals surface area contributed by atoms with Gasteiger partial charge in [0, 0.05) is 26.2 Å². The summed E-state index contributed by atoms with van der Waals surface area (Å²) in [7, 11) is 0. The van der Waals surface area contributed by atoms with Crippen LogP contribution in [0, 0.1) is 11.6 Å². The molecule has 1 aromatic rings. The minimum Gasteiger partial charge on any atom is -0.464 e. The topological polar surface area (TPSA) is 41.6 Å². The minimum absolute atomic E-state index is 0.240. The molecule has 1 aliphatic heterocycles. The summed E-state index contributed by atoms with van der Waals surface area (Å²) >= 11 is 0. The lowest BCUT2D eigenvalue weighted by Crippen LogP contribution is -2.57. The third-order valence-electron chi connectivity index (χ3n) is 3.90. The Hall–Kier alpha value is -1.53. The molecule has 1 saturated heterocycles. The van der Waals surface area contributed by atoms with Crippen LogP contribution < -0.4 is 5.32 Å². The average Bonchev–Trinajstić information content (AvgIpc) is 2.50. The van der Waals surface area contributed by atoms with Crippen molar-refractivity contribution in [2.24, 2.45) is 0 Å². The first-order chi connectivity index (χ1) is 10.00. The van der Waals surface area contributed by atoms with Gasteiger partial charge in [0.2, 0.25) is 0 Å². The fourth-order valence-corrected chi connectivity index (χ4v) is 2.61. The lowest BCUT2D eigenvalue weighted by Gasteiger charge is -2.41. The van der Waals surface area contributed by atoms with Gasteiger partial charge in [0.15, 0.2) is 11.6 Å². The predicted octanol–water partition coefficient (Wildman–Crippen LogP) is 1.65. The van der Waals surface area contributed by atoms with Crippen LogP contribution in [-0.2, 0) is 15.1 Å². The van der Waals surface area contributed by atoms with Gasteiger partial charge < -0.3 is 10.1 Å². The number of halogens is 2. The van der Waals surface area contributed by atoms with E-state index in [-0.39, 0.29) is 6.61 Å². The van der Waals surface area contributed by atoms with Crippen LogP contribution in [0.25, 0.3) is 0 Å². The highest BCUT2D eigenvalue weighted by Gasteiger charge is 2.43. The van der Waals surface area contributed by atoms with E-state index in [0.717, 1.165) is 25.2 Å². The van der Waals surface area contributed by atoms with E-state index in [1.54, 1.807) is 13.8 Å². The maximum atomic E-state index is 13.6. The van der Waals surface area contributed by atoms with Crippen molar-refractivity contribution < 1.29 is 18.3 Å². The Morgan fingerprint density at radius 2 is 2.00 bits per heavy atom. The zero-order valence-corrected chi connectivity index (χ0v) is 12.3. The molecular formula is C15H20F2N2O2. The Morgan fingerprint density at radius 1 is 1.33 bits per heavy atom. The van der Waals surface area contributed by atoms with Gasteiger partial charge in [0.25, 0.3) is 0 Å². The molecule has 21 heavy (non-hydrogen) atoms. The SMILES string of the molecule is CCOC(=O)C(C)(c1ccc(F)c(F)c1)N1CCNCC1. The number of benzene rings is 1. The highest BCUT2D eigenvalue weighted by molar-refractivity contribution is 5.82. The number of rotatable bonds is 4. The molecule has 1 heterocycles. The molecular weight excluding hydrogens is 278 g/mol. The fraction of sp³-hybridized carbons (Fsp3) is 0.533. The van der Waals surface area contributed by atoms with Crippen molar-refractivity contribution in [3.63, 3.8) is 0 Å². The molecule has 2 rings (SSSR count). The Balaban J connectivity index is 2.43. The number of hydrogen-bond donors (Lipinski definition) is 1. The smallest absolute Gasteiger partial charge is 0.330 e. The first-order valence-corrected chi connectivity index (χ1v) is 7.08. The normalized spacial score (nSPS) is 19.0. The van der Waals surface area contributed by atoms with Gasteiger partial charge in [0.1, 0.15) is 5.54 Å². The zero-order valence-electron chi connectivity index (χ0n) is 12.3. The van der Waals surface area contributed by atoms with Crippen LogP contribution in [0.2, 0.25) is 0 Å². The van der Waals surface area contributed by atoms with E-state index in [9.17, 15) is 13.6 Å². The van der Waals surface area contributed by atoms with Gasteiger partial charge >= 0.3 is 5.97 Å². The van der Waals surface area contributed by atoms with Crippen molar-refractivity contribution in [2.45, 2.75) is 19.4 Å². The molecule has 1 N–H and O–H groups in total. The maximum Gasteiger partial charge on any atom is 0.330 e. The van der Waals surface area contributed by atoms with Gasteiger partial charge in [-0.1, -0.05) is 6.07 Å². The summed E-state index contributed by atoms with van der Waals surface area (Å²) in [5, 5.41) is 3.20. The fourth-order valence-electron chi connectivity index (χ4n) is 2.61. The first-order valence-electron chi connectivity index (χ1n) is 7.08. The third-order valence-corrected chi connectivity index (χ3v) is 3.90. The summed E-state index contributed by atoms with van der Waals surface area (Å²) in [6.07, 6.45) is 0. The van der Waals surface area contributed by atoms with E-state index in [1.165, 1.54) is 6.07 Å². The molecule has 0 radical (unpaired) electrons. The number of piperazine rings is 1. The Labute approximate surface area is 123 Å². The zero-order chi connectivity index (χ0) is 15.5. The van der Waals surface area contributed by atoms with Crippen molar-refractivity contribution in [2.75, 3.05) is 32.8 Å². The number of esters is 1. The lowest BCUT2D eigenvalue weighted by atomic mass is 9.89. The molecule has 116 valence electrons. The van der Waals surface area contributed by atoms with E-state index in [1.807, 2.05) is 4.90 Å². The quantitative estimate of drug-likeness (QED) is 0.858. The number of ether oxygens (including phenoxy) is 1. The van der Waals surface area contributed by atoms with E-state index >= 15 is 0 Å². The van der Waals surface area contributed by atoms with Crippen molar-refractivity contribution >= 4 is 5.97 Å². The molecule has 0 aliphatic carbocycles. The molecule has 0 bridgehead atoms. The average molecular weight is 298 g/mol. The highest BCUT2D eigenvalue weighted by atomic mass is 19.2. The molecule has 0 spiro atoms. The summed E-state index contributed by atoms with van der Waals surface area (Å²) < 4.78 is 31.9. The number of nitrogens with one attached hydrogen (secondary N) is 1. The van der Waals surface area contributed by atoms with Crippen LogP contribution in [0.5, 0.6) is 0 Å². The summed E-state index contributed by atoms with van der Waals surface area (Å²) in [4.78, 5) is 14.4. The Kier molecular flexibility index (Phi) is 4.90. The van der Waals surface area contributed by atoms with Crippen LogP contribution in [0.4, 0.5) is 8.78 Å². The molecule has 0 aromatic heterocycles. The van der Waals surface area contributed by atoms with Crippen LogP contribution in [-0.4, -0.2) is 43.7 Å². The van der Waals surface area contributed by atoms with Gasteiger partial charge in [-0.2, -0.15) is 0 Å². The first kappa shape index (κ1) is 15.9. The Morgan fingerprint density at radius 3 is 2.57 bits per heavy atom. The molecule has 1 aliphatic rings. The van der Waals surface area contributed by atoms with Gasteiger partial charge in [0.05, 0.1) is 6.61 Å². The molecule has 6 heteroatoms. The van der Waals surface area contributed by atoms with Crippen LogP contribution >= 0.6 is 0 Å². The molecule has 0 saturated carbocycles. The van der Waals surface area contributed by atoms with Gasteiger partial charge in [-0.15, -0.1) is 0 Å². The van der Waals surface area contributed by atoms with Gasteiger partial charge in [-0.25, -0.2) is 13.6 Å². The second-order valence-electron chi connectivity index (χ2n) is 5.16. The molecule has 1 fully saturated rings. The summed E-state index contributed by atoms with van der Waals surface area (Å²) in [6.45, 7) is 6.40. The minimum atomic E-state index is -1.12.